The van der Waals surface area contributed by atoms with Gasteiger partial charge in [-0.2, -0.15) is 0 Å². The van der Waals surface area contributed by atoms with Crippen LogP contribution in [0.2, 0.25) is 0 Å². The average Bonchev–Trinajstić information content (AvgIpc) is 2.39. The van der Waals surface area contributed by atoms with Crippen molar-refractivity contribution in [3.8, 4) is 5.75 Å². The van der Waals surface area contributed by atoms with Crippen LogP contribution in [-0.2, 0) is 4.74 Å². The summed E-state index contributed by atoms with van der Waals surface area (Å²) < 4.78 is 5.37. The van der Waals surface area contributed by atoms with Gasteiger partial charge in [0.15, 0.2) is 0 Å². The summed E-state index contributed by atoms with van der Waals surface area (Å²) in [5.74, 6) is 0.397. The maximum absolute atomic E-state index is 9.86. The highest BCUT2D eigenvalue weighted by Crippen LogP contribution is 2.30. The zero-order valence-electron chi connectivity index (χ0n) is 10.6. The van der Waals surface area contributed by atoms with Gasteiger partial charge in [0.25, 0.3) is 0 Å². The predicted octanol–water partition coefficient (Wildman–Crippen LogP) is 2.56. The van der Waals surface area contributed by atoms with Gasteiger partial charge in [-0.25, -0.2) is 0 Å². The van der Waals surface area contributed by atoms with E-state index in [9.17, 15) is 5.11 Å². The molecule has 1 aliphatic heterocycles. The van der Waals surface area contributed by atoms with Crippen LogP contribution in [0, 0.1) is 0 Å². The summed E-state index contributed by atoms with van der Waals surface area (Å²) >= 11 is 0. The summed E-state index contributed by atoms with van der Waals surface area (Å²) in [5, 5.41) is 9.86. The third-order valence-electron chi connectivity index (χ3n) is 3.74. The van der Waals surface area contributed by atoms with Crippen molar-refractivity contribution in [1.29, 1.82) is 0 Å². The Kier molecular flexibility index (Phi) is 4.02. The second-order valence-electron chi connectivity index (χ2n) is 4.71. The van der Waals surface area contributed by atoms with Crippen molar-refractivity contribution in [3.05, 3.63) is 29.8 Å². The van der Waals surface area contributed by atoms with Crippen molar-refractivity contribution in [3.63, 3.8) is 0 Å². The molecule has 1 aromatic carbocycles. The molecule has 3 nitrogen and oxygen atoms in total. The molecule has 1 aromatic rings. The number of piperidine rings is 1. The molecule has 0 radical (unpaired) electrons. The van der Waals surface area contributed by atoms with Gasteiger partial charge in [0.2, 0.25) is 0 Å². The third kappa shape index (κ3) is 2.79. The highest BCUT2D eigenvalue weighted by molar-refractivity contribution is 5.34. The largest absolute Gasteiger partial charge is 0.508 e. The lowest BCUT2D eigenvalue weighted by molar-refractivity contribution is 0.0292. The van der Waals surface area contributed by atoms with Crippen LogP contribution in [0.5, 0.6) is 5.75 Å². The Morgan fingerprint density at radius 3 is 2.53 bits per heavy atom. The van der Waals surface area contributed by atoms with E-state index in [1.807, 2.05) is 18.2 Å². The Bertz CT molecular complexity index is 359. The quantitative estimate of drug-likeness (QED) is 0.874. The maximum Gasteiger partial charge on any atom is 0.120 e. The third-order valence-corrected chi connectivity index (χ3v) is 3.74. The Morgan fingerprint density at radius 1 is 1.29 bits per heavy atom. The highest BCUT2D eigenvalue weighted by atomic mass is 16.5. The number of aromatic hydroxyl groups is 1. The molecular weight excluding hydrogens is 214 g/mol. The minimum atomic E-state index is 0.272. The second-order valence-corrected chi connectivity index (χ2v) is 4.71. The van der Waals surface area contributed by atoms with Crippen molar-refractivity contribution in [2.75, 3.05) is 20.2 Å². The maximum atomic E-state index is 9.86. The first-order valence-corrected chi connectivity index (χ1v) is 6.27. The van der Waals surface area contributed by atoms with Crippen LogP contribution in [0.15, 0.2) is 24.3 Å². The number of nitrogens with zero attached hydrogens (tertiary/aromatic N) is 1. The first-order valence-electron chi connectivity index (χ1n) is 6.27. The highest BCUT2D eigenvalue weighted by Gasteiger charge is 2.24. The molecular formula is C14H21NO2. The summed E-state index contributed by atoms with van der Waals surface area (Å²) in [6.07, 6.45) is 2.56. The summed E-state index contributed by atoms with van der Waals surface area (Å²) in [6.45, 7) is 4.23. The van der Waals surface area contributed by atoms with Gasteiger partial charge in [0.1, 0.15) is 5.75 Å². The Hall–Kier alpha value is -1.06. The second kappa shape index (κ2) is 5.52. The summed E-state index contributed by atoms with van der Waals surface area (Å²) in [7, 11) is 1.78. The molecule has 0 saturated carbocycles. The van der Waals surface area contributed by atoms with Crippen molar-refractivity contribution < 1.29 is 9.84 Å². The number of hydrogen-bond donors (Lipinski definition) is 1. The van der Waals surface area contributed by atoms with Gasteiger partial charge in [-0.15, -0.1) is 0 Å². The monoisotopic (exact) mass is 235 g/mol. The molecule has 1 atom stereocenters. The van der Waals surface area contributed by atoms with Crippen LogP contribution in [0.3, 0.4) is 0 Å². The van der Waals surface area contributed by atoms with E-state index in [1.165, 1.54) is 0 Å². The first-order chi connectivity index (χ1) is 8.22. The van der Waals surface area contributed by atoms with E-state index in [1.54, 1.807) is 13.2 Å². The lowest BCUT2D eigenvalue weighted by Crippen LogP contribution is -2.38. The molecule has 94 valence electrons. The molecule has 1 aliphatic rings. The molecule has 0 aromatic heterocycles. The Labute approximate surface area is 103 Å². The number of methoxy groups -OCH3 is 1. The molecule has 1 heterocycles. The van der Waals surface area contributed by atoms with Crippen LogP contribution >= 0.6 is 0 Å². The zero-order chi connectivity index (χ0) is 12.3. The van der Waals surface area contributed by atoms with Gasteiger partial charge in [0.05, 0.1) is 6.10 Å². The fourth-order valence-electron chi connectivity index (χ4n) is 2.54. The van der Waals surface area contributed by atoms with E-state index in [2.05, 4.69) is 11.8 Å². The molecule has 1 fully saturated rings. The van der Waals surface area contributed by atoms with Gasteiger partial charge in [-0.05, 0) is 25.8 Å². The van der Waals surface area contributed by atoms with Gasteiger partial charge >= 0.3 is 0 Å². The molecule has 2 rings (SSSR count). The lowest BCUT2D eigenvalue weighted by Gasteiger charge is -2.35. The first kappa shape index (κ1) is 12.4. The van der Waals surface area contributed by atoms with Crippen LogP contribution < -0.4 is 0 Å². The van der Waals surface area contributed by atoms with Crippen LogP contribution in [-0.4, -0.2) is 36.3 Å². The smallest absolute Gasteiger partial charge is 0.120 e. The predicted molar refractivity (Wildman–Crippen MR) is 68.1 cm³/mol. The lowest BCUT2D eigenvalue weighted by atomic mass is 10.0. The summed E-state index contributed by atoms with van der Waals surface area (Å²) in [5.41, 5.74) is 1.02. The Morgan fingerprint density at radius 2 is 1.94 bits per heavy atom. The van der Waals surface area contributed by atoms with Gasteiger partial charge in [-0.3, -0.25) is 4.90 Å². The molecule has 0 amide bonds. The number of phenols is 1. The summed E-state index contributed by atoms with van der Waals surface area (Å²) in [4.78, 5) is 2.41. The Balaban J connectivity index is 2.02. The van der Waals surface area contributed by atoms with Crippen molar-refractivity contribution in [2.45, 2.75) is 31.9 Å². The van der Waals surface area contributed by atoms with E-state index in [-0.39, 0.29) is 6.04 Å². The molecule has 1 saturated heterocycles. The van der Waals surface area contributed by atoms with Crippen molar-refractivity contribution in [2.24, 2.45) is 0 Å². The van der Waals surface area contributed by atoms with E-state index >= 15 is 0 Å². The fourth-order valence-corrected chi connectivity index (χ4v) is 2.54. The SMILES string of the molecule is COC1CCN(C(C)c2ccccc2O)CC1. The van der Waals surface area contributed by atoms with Crippen LogP contribution in [0.25, 0.3) is 0 Å². The van der Waals surface area contributed by atoms with E-state index < -0.39 is 0 Å². The number of likely N-dealkylation sites (tertiary alicyclic amines) is 1. The number of para-hydroxylation sites is 1. The molecule has 1 N–H and O–H groups in total. The molecule has 3 heteroatoms. The van der Waals surface area contributed by atoms with Gasteiger partial charge in [0, 0.05) is 31.8 Å². The van der Waals surface area contributed by atoms with Crippen LogP contribution in [0.4, 0.5) is 0 Å². The molecule has 0 aliphatic carbocycles. The van der Waals surface area contributed by atoms with E-state index in [0.717, 1.165) is 31.5 Å². The average molecular weight is 235 g/mol. The normalized spacial score (nSPS) is 20.4. The molecule has 17 heavy (non-hydrogen) atoms. The fraction of sp³-hybridized carbons (Fsp3) is 0.571. The zero-order valence-corrected chi connectivity index (χ0v) is 10.6. The molecule has 0 bridgehead atoms. The van der Waals surface area contributed by atoms with E-state index in [4.69, 9.17) is 4.74 Å². The summed E-state index contributed by atoms with van der Waals surface area (Å²) in [6, 6.07) is 7.88. The van der Waals surface area contributed by atoms with Crippen molar-refractivity contribution >= 4 is 0 Å². The minimum absolute atomic E-state index is 0.272. The van der Waals surface area contributed by atoms with Gasteiger partial charge in [-0.1, -0.05) is 18.2 Å². The number of ether oxygens (including phenoxy) is 1. The number of rotatable bonds is 3. The standard InChI is InChI=1S/C14H21NO2/c1-11(13-5-3-4-6-14(13)16)15-9-7-12(17-2)8-10-15/h3-6,11-12,16H,7-10H2,1-2H3. The van der Waals surface area contributed by atoms with Gasteiger partial charge < -0.3 is 9.84 Å². The number of phenolic OH excluding ortho intramolecular Hbond substituents is 1. The number of hydrogen-bond acceptors (Lipinski definition) is 3. The topological polar surface area (TPSA) is 32.7 Å². The number of benzene rings is 1. The van der Waals surface area contributed by atoms with Crippen molar-refractivity contribution in [1.82, 2.24) is 4.90 Å². The minimum Gasteiger partial charge on any atom is -0.508 e. The van der Waals surface area contributed by atoms with Crippen LogP contribution in [0.1, 0.15) is 31.4 Å². The molecule has 1 unspecified atom stereocenters. The molecule has 0 spiro atoms. The van der Waals surface area contributed by atoms with E-state index in [0.29, 0.717) is 11.9 Å².